The van der Waals surface area contributed by atoms with Crippen molar-refractivity contribution in [3.63, 3.8) is 0 Å². The lowest BCUT2D eigenvalue weighted by molar-refractivity contribution is 0.300. The average Bonchev–Trinajstić information content (AvgIpc) is 3.38. The van der Waals surface area contributed by atoms with Crippen LogP contribution >= 0.6 is 11.6 Å². The molecule has 0 aliphatic heterocycles. The van der Waals surface area contributed by atoms with Gasteiger partial charge in [-0.05, 0) is 37.3 Å². The Hall–Kier alpha value is -1.22. The molecule has 2 aliphatic rings. The number of nitrogens with zero attached hydrogens (tertiary/aromatic N) is 2. The van der Waals surface area contributed by atoms with E-state index in [1.54, 1.807) is 0 Å². The predicted octanol–water partition coefficient (Wildman–Crippen LogP) is 3.95. The molecule has 3 rings (SSSR count). The minimum absolute atomic E-state index is 0.0611. The maximum Gasteiger partial charge on any atom is 0.191 e. The standard InChI is InChI=1S/C18H26ClN3/c1-22(14-9-10-14)17(20)21-13-18(11-5-2-6-12-18)15-7-3-4-8-16(15)19/h3-4,7-8,14H,2,5-6,9-13H2,1H3,(H2,20,21). The molecule has 2 fully saturated rings. The SMILES string of the molecule is CN(C(N)=NCC1(c2ccccc2Cl)CCCCC1)C1CC1. The Morgan fingerprint density at radius 2 is 1.95 bits per heavy atom. The molecule has 22 heavy (non-hydrogen) atoms. The van der Waals surface area contributed by atoms with Gasteiger partial charge in [-0.1, -0.05) is 49.1 Å². The van der Waals surface area contributed by atoms with Gasteiger partial charge in [0.15, 0.2) is 5.96 Å². The van der Waals surface area contributed by atoms with Gasteiger partial charge in [0.05, 0.1) is 6.54 Å². The molecule has 4 heteroatoms. The lowest BCUT2D eigenvalue weighted by atomic mass is 9.69. The molecule has 3 nitrogen and oxygen atoms in total. The molecule has 2 aliphatic carbocycles. The van der Waals surface area contributed by atoms with E-state index in [9.17, 15) is 0 Å². The van der Waals surface area contributed by atoms with Crippen molar-refractivity contribution in [3.05, 3.63) is 34.9 Å². The molecule has 1 aromatic carbocycles. The largest absolute Gasteiger partial charge is 0.370 e. The van der Waals surface area contributed by atoms with E-state index in [2.05, 4.69) is 24.1 Å². The molecule has 0 unspecified atom stereocenters. The van der Waals surface area contributed by atoms with Gasteiger partial charge >= 0.3 is 0 Å². The topological polar surface area (TPSA) is 41.6 Å². The van der Waals surface area contributed by atoms with Crippen LogP contribution in [0.2, 0.25) is 5.02 Å². The lowest BCUT2D eigenvalue weighted by Crippen LogP contribution is -2.39. The highest BCUT2D eigenvalue weighted by Gasteiger charge is 2.36. The fourth-order valence-electron chi connectivity index (χ4n) is 3.63. The van der Waals surface area contributed by atoms with Crippen molar-refractivity contribution in [2.24, 2.45) is 10.7 Å². The molecular formula is C18H26ClN3. The van der Waals surface area contributed by atoms with Crippen molar-refractivity contribution in [1.82, 2.24) is 4.90 Å². The summed E-state index contributed by atoms with van der Waals surface area (Å²) in [5, 5.41) is 0.869. The summed E-state index contributed by atoms with van der Waals surface area (Å²) in [6.07, 6.45) is 8.59. The van der Waals surface area contributed by atoms with Gasteiger partial charge in [-0.25, -0.2) is 0 Å². The van der Waals surface area contributed by atoms with Gasteiger partial charge < -0.3 is 10.6 Å². The van der Waals surface area contributed by atoms with E-state index in [4.69, 9.17) is 22.3 Å². The minimum atomic E-state index is 0.0611. The first-order valence-corrected chi connectivity index (χ1v) is 8.78. The van der Waals surface area contributed by atoms with Crippen LogP contribution in [-0.2, 0) is 5.41 Å². The summed E-state index contributed by atoms with van der Waals surface area (Å²) < 4.78 is 0. The molecule has 0 amide bonds. The quantitative estimate of drug-likeness (QED) is 0.674. The molecule has 0 aromatic heterocycles. The maximum absolute atomic E-state index is 6.50. The van der Waals surface area contributed by atoms with Crippen molar-refractivity contribution < 1.29 is 0 Å². The fraction of sp³-hybridized carbons (Fsp3) is 0.611. The van der Waals surface area contributed by atoms with Crippen molar-refractivity contribution in [3.8, 4) is 0 Å². The zero-order valence-electron chi connectivity index (χ0n) is 13.4. The van der Waals surface area contributed by atoms with Gasteiger partial charge in [0.1, 0.15) is 0 Å². The summed E-state index contributed by atoms with van der Waals surface area (Å²) in [4.78, 5) is 6.89. The first-order chi connectivity index (χ1) is 10.6. The number of benzene rings is 1. The van der Waals surface area contributed by atoms with Gasteiger partial charge in [-0.3, -0.25) is 4.99 Å². The molecule has 0 atom stereocenters. The van der Waals surface area contributed by atoms with Crippen molar-refractivity contribution >= 4 is 17.6 Å². The van der Waals surface area contributed by atoms with E-state index < -0.39 is 0 Å². The van der Waals surface area contributed by atoms with Crippen LogP contribution in [0.4, 0.5) is 0 Å². The van der Waals surface area contributed by atoms with Crippen molar-refractivity contribution in [1.29, 1.82) is 0 Å². The Morgan fingerprint density at radius 3 is 2.59 bits per heavy atom. The van der Waals surface area contributed by atoms with Crippen LogP contribution in [-0.4, -0.2) is 30.5 Å². The van der Waals surface area contributed by atoms with Crippen LogP contribution in [0.15, 0.2) is 29.3 Å². The average molecular weight is 320 g/mol. The number of hydrogen-bond donors (Lipinski definition) is 1. The Kier molecular flexibility index (Phi) is 4.62. The first kappa shape index (κ1) is 15.7. The van der Waals surface area contributed by atoms with Crippen LogP contribution < -0.4 is 5.73 Å². The molecule has 2 N–H and O–H groups in total. The Bertz CT molecular complexity index is 545. The molecule has 0 saturated heterocycles. The summed E-state index contributed by atoms with van der Waals surface area (Å²) in [5.41, 5.74) is 7.51. The van der Waals surface area contributed by atoms with Crippen LogP contribution in [0.5, 0.6) is 0 Å². The van der Waals surface area contributed by atoms with E-state index in [1.165, 1.54) is 37.7 Å². The molecule has 120 valence electrons. The van der Waals surface area contributed by atoms with E-state index in [-0.39, 0.29) is 5.41 Å². The molecule has 0 bridgehead atoms. The van der Waals surface area contributed by atoms with Crippen LogP contribution in [0, 0.1) is 0 Å². The Morgan fingerprint density at radius 1 is 1.27 bits per heavy atom. The number of rotatable bonds is 4. The monoisotopic (exact) mass is 319 g/mol. The van der Waals surface area contributed by atoms with E-state index in [0.29, 0.717) is 12.0 Å². The van der Waals surface area contributed by atoms with Crippen molar-refractivity contribution in [2.45, 2.75) is 56.4 Å². The van der Waals surface area contributed by atoms with Gasteiger partial charge in [-0.15, -0.1) is 0 Å². The zero-order valence-corrected chi connectivity index (χ0v) is 14.1. The first-order valence-electron chi connectivity index (χ1n) is 8.40. The molecule has 0 radical (unpaired) electrons. The van der Waals surface area contributed by atoms with Crippen molar-refractivity contribution in [2.75, 3.05) is 13.6 Å². The van der Waals surface area contributed by atoms with Crippen LogP contribution in [0.3, 0.4) is 0 Å². The molecule has 1 aromatic rings. The van der Waals surface area contributed by atoms with Gasteiger partial charge in [0, 0.05) is 23.5 Å². The highest BCUT2D eigenvalue weighted by Crippen LogP contribution is 2.42. The summed E-state index contributed by atoms with van der Waals surface area (Å²) >= 11 is 6.50. The second-order valence-corrected chi connectivity index (χ2v) is 7.24. The lowest BCUT2D eigenvalue weighted by Gasteiger charge is -2.37. The van der Waals surface area contributed by atoms with E-state index >= 15 is 0 Å². The number of guanidine groups is 1. The van der Waals surface area contributed by atoms with Gasteiger partial charge in [0.2, 0.25) is 0 Å². The predicted molar refractivity (Wildman–Crippen MR) is 93.5 cm³/mol. The highest BCUT2D eigenvalue weighted by molar-refractivity contribution is 6.31. The Balaban J connectivity index is 1.83. The number of aliphatic imine (C=N–C) groups is 1. The van der Waals surface area contributed by atoms with Gasteiger partial charge in [0.25, 0.3) is 0 Å². The molecule has 0 heterocycles. The van der Waals surface area contributed by atoms with E-state index in [1.807, 2.05) is 12.1 Å². The third-order valence-electron chi connectivity index (χ3n) is 5.26. The number of nitrogens with two attached hydrogens (primary N) is 1. The van der Waals surface area contributed by atoms with Crippen LogP contribution in [0.25, 0.3) is 0 Å². The molecular weight excluding hydrogens is 294 g/mol. The third-order valence-corrected chi connectivity index (χ3v) is 5.59. The highest BCUT2D eigenvalue weighted by atomic mass is 35.5. The fourth-order valence-corrected chi connectivity index (χ4v) is 3.96. The normalized spacial score (nSPS) is 21.6. The van der Waals surface area contributed by atoms with E-state index in [0.717, 1.165) is 24.4 Å². The summed E-state index contributed by atoms with van der Waals surface area (Å²) in [6.45, 7) is 0.750. The Labute approximate surface area is 138 Å². The number of hydrogen-bond acceptors (Lipinski definition) is 1. The summed E-state index contributed by atoms with van der Waals surface area (Å²) in [6, 6.07) is 8.86. The third kappa shape index (κ3) is 3.24. The zero-order chi connectivity index (χ0) is 15.6. The van der Waals surface area contributed by atoms with Gasteiger partial charge in [-0.2, -0.15) is 0 Å². The summed E-state index contributed by atoms with van der Waals surface area (Å²) in [5.74, 6) is 0.680. The smallest absolute Gasteiger partial charge is 0.191 e. The molecule has 2 saturated carbocycles. The van der Waals surface area contributed by atoms with Crippen LogP contribution in [0.1, 0.15) is 50.5 Å². The minimum Gasteiger partial charge on any atom is -0.370 e. The molecule has 0 spiro atoms. The summed E-state index contributed by atoms with van der Waals surface area (Å²) in [7, 11) is 2.06. The number of halogens is 1. The second kappa shape index (κ2) is 6.49. The second-order valence-electron chi connectivity index (χ2n) is 6.84. The maximum atomic E-state index is 6.50.